The summed E-state index contributed by atoms with van der Waals surface area (Å²) in [5, 5.41) is 1.52. The number of nitrogens with zero attached hydrogens (tertiary/aromatic N) is 1. The molecule has 0 spiro atoms. The summed E-state index contributed by atoms with van der Waals surface area (Å²) in [5.74, 6) is 0.567. The lowest BCUT2D eigenvalue weighted by Crippen LogP contribution is -2.27. The van der Waals surface area contributed by atoms with E-state index in [-0.39, 0.29) is 11.2 Å². The van der Waals surface area contributed by atoms with E-state index in [1.807, 2.05) is 0 Å². The Hall–Kier alpha value is -1.91. The van der Waals surface area contributed by atoms with Gasteiger partial charge in [0.05, 0.1) is 5.69 Å². The first-order valence-corrected chi connectivity index (χ1v) is 10.4. The second-order valence-corrected chi connectivity index (χ2v) is 9.87. The third kappa shape index (κ3) is 3.37. The predicted molar refractivity (Wildman–Crippen MR) is 114 cm³/mol. The lowest BCUT2D eigenvalue weighted by molar-refractivity contribution is 0.104. The van der Waals surface area contributed by atoms with Crippen LogP contribution in [0.5, 0.6) is 0 Å². The molecule has 1 atom stereocenters. The molecular weight excluding hydrogens is 376 g/mol. The number of aromatic nitrogens is 1. The predicted octanol–water partition coefficient (Wildman–Crippen LogP) is 5.91. The van der Waals surface area contributed by atoms with Crippen LogP contribution in [0, 0.1) is 11.3 Å². The molecule has 0 saturated carbocycles. The Morgan fingerprint density at radius 2 is 1.96 bits per heavy atom. The molecule has 3 aromatic rings. The average Bonchev–Trinajstić information content (AvgIpc) is 2.94. The smallest absolute Gasteiger partial charge is 0.205 e. The minimum Gasteiger partial charge on any atom is -0.397 e. The molecule has 0 amide bonds. The van der Waals surface area contributed by atoms with E-state index in [1.54, 1.807) is 24.3 Å². The second kappa shape index (κ2) is 6.61. The van der Waals surface area contributed by atoms with Crippen LogP contribution in [0.4, 0.5) is 5.69 Å². The Bertz CT molecular complexity index is 1030. The van der Waals surface area contributed by atoms with Crippen molar-refractivity contribution < 1.29 is 4.79 Å². The number of carbonyl (C=O) groups excluding carboxylic acids is 1. The van der Waals surface area contributed by atoms with Crippen molar-refractivity contribution in [3.05, 3.63) is 57.1 Å². The van der Waals surface area contributed by atoms with Gasteiger partial charge in [-0.1, -0.05) is 32.4 Å². The van der Waals surface area contributed by atoms with Gasteiger partial charge in [-0.3, -0.25) is 4.79 Å². The van der Waals surface area contributed by atoms with Crippen LogP contribution in [-0.2, 0) is 12.8 Å². The van der Waals surface area contributed by atoms with Gasteiger partial charge in [-0.25, -0.2) is 4.98 Å². The third-order valence-electron chi connectivity index (χ3n) is 5.62. The van der Waals surface area contributed by atoms with E-state index in [9.17, 15) is 4.79 Å². The molecule has 27 heavy (non-hydrogen) atoms. The number of fused-ring (bicyclic) bond motifs is 2. The Morgan fingerprint density at radius 1 is 1.26 bits per heavy atom. The molecule has 4 rings (SSSR count). The summed E-state index contributed by atoms with van der Waals surface area (Å²) >= 11 is 7.32. The van der Waals surface area contributed by atoms with Crippen LogP contribution in [0.1, 0.15) is 53.7 Å². The summed E-state index contributed by atoms with van der Waals surface area (Å²) in [7, 11) is 0. The first kappa shape index (κ1) is 18.5. The highest BCUT2D eigenvalue weighted by Gasteiger charge is 2.30. The Morgan fingerprint density at radius 3 is 2.63 bits per heavy atom. The number of halogens is 1. The normalized spacial score (nSPS) is 17.1. The molecule has 0 saturated heterocycles. The highest BCUT2D eigenvalue weighted by Crippen LogP contribution is 2.40. The monoisotopic (exact) mass is 398 g/mol. The minimum atomic E-state index is -0.0716. The zero-order chi connectivity index (χ0) is 19.3. The zero-order valence-electron chi connectivity index (χ0n) is 15.8. The molecule has 2 heterocycles. The van der Waals surface area contributed by atoms with Crippen molar-refractivity contribution in [2.24, 2.45) is 11.3 Å². The van der Waals surface area contributed by atoms with E-state index in [1.165, 1.54) is 16.9 Å². The number of thiophene rings is 1. The molecule has 0 unspecified atom stereocenters. The molecule has 0 radical (unpaired) electrons. The van der Waals surface area contributed by atoms with Gasteiger partial charge < -0.3 is 5.73 Å². The van der Waals surface area contributed by atoms with Crippen molar-refractivity contribution in [2.45, 2.75) is 40.0 Å². The van der Waals surface area contributed by atoms with Crippen LogP contribution in [0.15, 0.2) is 30.3 Å². The van der Waals surface area contributed by atoms with Crippen molar-refractivity contribution in [3.63, 3.8) is 0 Å². The molecule has 3 nitrogen and oxygen atoms in total. The lowest BCUT2D eigenvalue weighted by Gasteiger charge is -2.34. The van der Waals surface area contributed by atoms with Gasteiger partial charge >= 0.3 is 0 Å². The van der Waals surface area contributed by atoms with Crippen LogP contribution in [0.2, 0.25) is 5.02 Å². The van der Waals surface area contributed by atoms with E-state index in [0.29, 0.717) is 27.1 Å². The van der Waals surface area contributed by atoms with Gasteiger partial charge in [-0.15, -0.1) is 11.3 Å². The van der Waals surface area contributed by atoms with Crippen molar-refractivity contribution in [3.8, 4) is 0 Å². The average molecular weight is 399 g/mol. The summed E-state index contributed by atoms with van der Waals surface area (Å²) in [6, 6.07) is 9.09. The molecule has 0 bridgehead atoms. The standard InChI is InChI=1S/C22H23ClN2OS/c1-22(2,3)14-6-9-17-13(10-14)11-16-18(24)20(27-21(16)25-17)19(26)12-4-7-15(23)8-5-12/h4-5,7-8,11,14H,6,9-10,24H2,1-3H3/t14-/m0/s1. The van der Waals surface area contributed by atoms with E-state index in [4.69, 9.17) is 22.3 Å². The second-order valence-electron chi connectivity index (χ2n) is 8.43. The van der Waals surface area contributed by atoms with Gasteiger partial charge in [0.2, 0.25) is 5.78 Å². The molecule has 2 N–H and O–H groups in total. The molecule has 1 aliphatic carbocycles. The summed E-state index contributed by atoms with van der Waals surface area (Å²) in [4.78, 5) is 19.2. The zero-order valence-corrected chi connectivity index (χ0v) is 17.4. The number of hydrogen-bond donors (Lipinski definition) is 1. The first-order valence-electron chi connectivity index (χ1n) is 9.25. The number of aryl methyl sites for hydroxylation is 1. The van der Waals surface area contributed by atoms with Gasteiger partial charge in [-0.2, -0.15) is 0 Å². The maximum Gasteiger partial charge on any atom is 0.205 e. The molecule has 5 heteroatoms. The van der Waals surface area contributed by atoms with Crippen molar-refractivity contribution in [1.29, 1.82) is 0 Å². The fourth-order valence-corrected chi connectivity index (χ4v) is 5.01. The maximum atomic E-state index is 12.9. The fourth-order valence-electron chi connectivity index (χ4n) is 3.83. The Labute approximate surface area is 168 Å². The van der Waals surface area contributed by atoms with E-state index < -0.39 is 0 Å². The van der Waals surface area contributed by atoms with Crippen molar-refractivity contribution in [2.75, 3.05) is 5.73 Å². The van der Waals surface area contributed by atoms with Gasteiger partial charge in [0.15, 0.2) is 0 Å². The highest BCUT2D eigenvalue weighted by atomic mass is 35.5. The van der Waals surface area contributed by atoms with Gasteiger partial charge in [0, 0.05) is 21.7 Å². The number of rotatable bonds is 2. The third-order valence-corrected chi connectivity index (χ3v) is 6.99. The van der Waals surface area contributed by atoms with Crippen LogP contribution in [-0.4, -0.2) is 10.8 Å². The lowest BCUT2D eigenvalue weighted by atomic mass is 9.71. The number of anilines is 1. The quantitative estimate of drug-likeness (QED) is 0.545. The molecule has 1 aromatic carbocycles. The summed E-state index contributed by atoms with van der Waals surface area (Å²) in [6.45, 7) is 6.91. The number of nitrogen functional groups attached to an aromatic ring is 1. The molecule has 2 aromatic heterocycles. The van der Waals surface area contributed by atoms with E-state index in [0.717, 1.165) is 35.2 Å². The SMILES string of the molecule is CC(C)(C)[C@H]1CCc2nc3sc(C(=O)c4ccc(Cl)cc4)c(N)c3cc2C1. The molecular formula is C22H23ClN2OS. The molecule has 0 fully saturated rings. The fraction of sp³-hybridized carbons (Fsp3) is 0.364. The van der Waals surface area contributed by atoms with Crippen LogP contribution < -0.4 is 5.73 Å². The van der Waals surface area contributed by atoms with E-state index in [2.05, 4.69) is 26.8 Å². The number of carbonyl (C=O) groups is 1. The molecule has 1 aliphatic rings. The molecule has 140 valence electrons. The number of hydrogen-bond acceptors (Lipinski definition) is 4. The number of ketones is 1. The maximum absolute atomic E-state index is 12.9. The van der Waals surface area contributed by atoms with Crippen LogP contribution in [0.3, 0.4) is 0 Å². The van der Waals surface area contributed by atoms with E-state index >= 15 is 0 Å². The number of nitrogens with two attached hydrogens (primary N) is 1. The number of benzene rings is 1. The summed E-state index contributed by atoms with van der Waals surface area (Å²) in [6.07, 6.45) is 3.18. The van der Waals surface area contributed by atoms with Crippen LogP contribution in [0.25, 0.3) is 10.2 Å². The van der Waals surface area contributed by atoms with Crippen molar-refractivity contribution in [1.82, 2.24) is 4.98 Å². The van der Waals surface area contributed by atoms with Gasteiger partial charge in [0.1, 0.15) is 9.71 Å². The summed E-state index contributed by atoms with van der Waals surface area (Å²) in [5.41, 5.74) is 10.2. The summed E-state index contributed by atoms with van der Waals surface area (Å²) < 4.78 is 0. The van der Waals surface area contributed by atoms with Gasteiger partial charge in [-0.05, 0) is 66.5 Å². The molecule has 0 aliphatic heterocycles. The number of pyridine rings is 1. The van der Waals surface area contributed by atoms with Crippen LogP contribution >= 0.6 is 22.9 Å². The highest BCUT2D eigenvalue weighted by molar-refractivity contribution is 7.21. The Balaban J connectivity index is 1.75. The largest absolute Gasteiger partial charge is 0.397 e. The minimum absolute atomic E-state index is 0.0716. The van der Waals surface area contributed by atoms with Gasteiger partial charge in [0.25, 0.3) is 0 Å². The van der Waals surface area contributed by atoms with Crippen molar-refractivity contribution >= 4 is 44.6 Å². The Kier molecular flexibility index (Phi) is 4.52. The first-order chi connectivity index (χ1) is 12.7. The topological polar surface area (TPSA) is 56.0 Å².